The summed E-state index contributed by atoms with van der Waals surface area (Å²) in [6.45, 7) is 15.1. The van der Waals surface area contributed by atoms with Crippen LogP contribution in [0.5, 0.6) is 0 Å². The first-order chi connectivity index (χ1) is 32.2. The van der Waals surface area contributed by atoms with E-state index in [0.717, 1.165) is 60.8 Å². The lowest BCUT2D eigenvalue weighted by Crippen LogP contribution is -2.60. The fraction of sp³-hybridized carbons (Fsp3) is 0.556. The van der Waals surface area contributed by atoms with E-state index in [4.69, 9.17) is 0 Å². The first-order valence-electron chi connectivity index (χ1n) is 24.6. The molecule has 1 saturated heterocycles. The lowest BCUT2D eigenvalue weighted by molar-refractivity contribution is -0.144. The molecule has 1 fully saturated rings. The third-order valence-electron chi connectivity index (χ3n) is 14.2. The van der Waals surface area contributed by atoms with Crippen LogP contribution in [0, 0.1) is 10.8 Å². The summed E-state index contributed by atoms with van der Waals surface area (Å²) in [6.07, 6.45) is 5.86. The lowest BCUT2D eigenvalue weighted by Gasteiger charge is -2.36. The number of fused-ring (bicyclic) bond motifs is 2. The number of nitrogens with zero attached hydrogens (tertiary/aromatic N) is 1. The molecule has 1 heterocycles. The van der Waals surface area contributed by atoms with Gasteiger partial charge in [0.2, 0.25) is 35.4 Å². The number of likely N-dealkylation sites (N-methyl/N-ethyl adjacent to an activating group) is 2. The molecule has 0 aromatic heterocycles. The van der Waals surface area contributed by atoms with Crippen molar-refractivity contribution in [3.8, 4) is 0 Å². The maximum atomic E-state index is 14.8. The van der Waals surface area contributed by atoms with E-state index in [2.05, 4.69) is 55.4 Å². The normalized spacial score (nSPS) is 21.4. The summed E-state index contributed by atoms with van der Waals surface area (Å²) in [6, 6.07) is 19.1. The molecule has 0 spiro atoms. The average molecular weight is 933 g/mol. The van der Waals surface area contributed by atoms with Gasteiger partial charge in [-0.15, -0.1) is 0 Å². The van der Waals surface area contributed by atoms with Gasteiger partial charge in [-0.1, -0.05) is 114 Å². The SMILES string of the molecule is CN[C@@H](C)C(=O)NC(C(=O)N[C@@H](Cc1ccc([C@H]2CC(C(=O)N[C@@H]3CCCc4ccccc43)N(C(=O)[C@@H](NC(=O)[C@H](C)NC)C(C)(C)C)C2)cc1)C(=O)NC1CCCc2ccccc21)C(C)(C)C. The Morgan fingerprint density at radius 3 is 1.63 bits per heavy atom. The summed E-state index contributed by atoms with van der Waals surface area (Å²) in [4.78, 5) is 85.9. The van der Waals surface area contributed by atoms with E-state index in [0.29, 0.717) is 6.42 Å². The molecule has 6 rings (SSSR count). The van der Waals surface area contributed by atoms with Gasteiger partial charge >= 0.3 is 0 Å². The molecule has 14 nitrogen and oxygen atoms in total. The molecular formula is C54H76N8O6. The van der Waals surface area contributed by atoms with E-state index >= 15 is 0 Å². The highest BCUT2D eigenvalue weighted by atomic mass is 16.2. The van der Waals surface area contributed by atoms with Crippen LogP contribution < -0.4 is 37.2 Å². The highest BCUT2D eigenvalue weighted by molar-refractivity contribution is 5.95. The van der Waals surface area contributed by atoms with Gasteiger partial charge in [0.25, 0.3) is 0 Å². The van der Waals surface area contributed by atoms with Crippen LogP contribution in [0.4, 0.5) is 0 Å². The van der Waals surface area contributed by atoms with E-state index < -0.39 is 53.0 Å². The molecule has 68 heavy (non-hydrogen) atoms. The van der Waals surface area contributed by atoms with Crippen molar-refractivity contribution in [2.24, 2.45) is 10.8 Å². The van der Waals surface area contributed by atoms with Gasteiger partial charge in [-0.05, 0) is 117 Å². The van der Waals surface area contributed by atoms with Crippen LogP contribution in [0.2, 0.25) is 0 Å². The van der Waals surface area contributed by atoms with Crippen molar-refractivity contribution in [3.05, 3.63) is 106 Å². The van der Waals surface area contributed by atoms with E-state index in [-0.39, 0.29) is 60.5 Å². The monoisotopic (exact) mass is 933 g/mol. The maximum absolute atomic E-state index is 14.8. The molecule has 1 aliphatic heterocycles. The van der Waals surface area contributed by atoms with E-state index in [9.17, 15) is 28.8 Å². The van der Waals surface area contributed by atoms with Crippen molar-refractivity contribution in [1.29, 1.82) is 0 Å². The summed E-state index contributed by atoms with van der Waals surface area (Å²) in [5.41, 5.74) is 4.97. The number of hydrogen-bond acceptors (Lipinski definition) is 8. The minimum Gasteiger partial charge on any atom is -0.347 e. The molecule has 9 atom stereocenters. The van der Waals surface area contributed by atoms with Crippen LogP contribution in [0.1, 0.15) is 139 Å². The molecule has 3 aromatic carbocycles. The minimum atomic E-state index is -0.973. The second-order valence-corrected chi connectivity index (χ2v) is 21.4. The van der Waals surface area contributed by atoms with Crippen LogP contribution in [0.25, 0.3) is 0 Å². The van der Waals surface area contributed by atoms with Gasteiger partial charge in [-0.3, -0.25) is 28.8 Å². The summed E-state index contributed by atoms with van der Waals surface area (Å²) < 4.78 is 0. The predicted molar refractivity (Wildman–Crippen MR) is 265 cm³/mol. The zero-order valence-corrected chi connectivity index (χ0v) is 41.9. The van der Waals surface area contributed by atoms with Crippen LogP contribution >= 0.6 is 0 Å². The van der Waals surface area contributed by atoms with Gasteiger partial charge in [0.15, 0.2) is 0 Å². The topological polar surface area (TPSA) is 190 Å². The van der Waals surface area contributed by atoms with Gasteiger partial charge in [-0.2, -0.15) is 0 Å². The highest BCUT2D eigenvalue weighted by Gasteiger charge is 2.46. The number of nitrogens with one attached hydrogen (secondary N) is 7. The number of rotatable bonds is 16. The van der Waals surface area contributed by atoms with E-state index in [1.54, 1.807) is 32.8 Å². The summed E-state index contributed by atoms with van der Waals surface area (Å²) in [5.74, 6) is -2.17. The molecule has 14 heteroatoms. The molecule has 0 bridgehead atoms. The summed E-state index contributed by atoms with van der Waals surface area (Å²) in [7, 11) is 3.37. The summed E-state index contributed by atoms with van der Waals surface area (Å²) in [5, 5.41) is 21.4. The average Bonchev–Trinajstić information content (AvgIpc) is 3.77. The molecular weight excluding hydrogens is 857 g/mol. The standard InChI is InChI=1S/C54H76N8O6/c1-32(55-9)47(63)60-45(53(3,4)5)51(67)59-43(49(65)57-41-23-15-19-36-17-11-13-21-39(36)41)29-34-25-27-35(28-26-34)38-30-44(50(66)58-42-24-16-20-37-18-12-14-22-40(37)42)62(31-38)52(68)46(54(6,7)8)61-48(64)33(2)56-10/h11-14,17-18,21-22,25-28,32-33,38,41-46,55-56H,15-16,19-20,23-24,29-31H2,1-10H3,(H,57,65)(H,58,66)(H,59,67)(H,60,63)(H,61,64)/t32-,33-,38-,41?,42+,43-,44?,45?,46+/m0/s1. The largest absolute Gasteiger partial charge is 0.347 e. The molecule has 0 radical (unpaired) electrons. The smallest absolute Gasteiger partial charge is 0.246 e. The fourth-order valence-corrected chi connectivity index (χ4v) is 9.83. The molecule has 6 amide bonds. The number of carbonyl (C=O) groups excluding carboxylic acids is 6. The number of benzene rings is 3. The number of hydrogen-bond donors (Lipinski definition) is 7. The number of likely N-dealkylation sites (tertiary alicyclic amines) is 1. The van der Waals surface area contributed by atoms with Crippen molar-refractivity contribution in [3.63, 3.8) is 0 Å². The van der Waals surface area contributed by atoms with Crippen molar-refractivity contribution in [2.45, 2.75) is 161 Å². The zero-order chi connectivity index (χ0) is 49.5. The van der Waals surface area contributed by atoms with Gasteiger partial charge in [0.05, 0.1) is 24.2 Å². The third-order valence-corrected chi connectivity index (χ3v) is 14.2. The third kappa shape index (κ3) is 12.5. The molecule has 0 saturated carbocycles. The molecule has 3 aliphatic rings. The van der Waals surface area contributed by atoms with Crippen LogP contribution in [-0.4, -0.2) is 97.2 Å². The first-order valence-corrected chi connectivity index (χ1v) is 24.6. The van der Waals surface area contributed by atoms with Gasteiger partial charge < -0.3 is 42.1 Å². The second kappa shape index (κ2) is 22.2. The van der Waals surface area contributed by atoms with E-state index in [1.165, 1.54) is 11.1 Å². The Hall–Kier alpha value is -5.60. The zero-order valence-electron chi connectivity index (χ0n) is 41.9. The second-order valence-electron chi connectivity index (χ2n) is 21.4. The van der Waals surface area contributed by atoms with Crippen molar-refractivity contribution >= 4 is 35.4 Å². The van der Waals surface area contributed by atoms with Gasteiger partial charge in [0, 0.05) is 18.9 Å². The van der Waals surface area contributed by atoms with Crippen LogP contribution in [0.15, 0.2) is 72.8 Å². The Bertz CT molecular complexity index is 2280. The number of amides is 6. The predicted octanol–water partition coefficient (Wildman–Crippen LogP) is 5.06. The molecule has 368 valence electrons. The Kier molecular flexibility index (Phi) is 16.9. The molecule has 7 N–H and O–H groups in total. The maximum Gasteiger partial charge on any atom is 0.246 e. The van der Waals surface area contributed by atoms with Crippen molar-refractivity contribution in [2.75, 3.05) is 20.6 Å². The Morgan fingerprint density at radius 2 is 1.12 bits per heavy atom. The Labute approximate surface area is 403 Å². The van der Waals surface area contributed by atoms with Gasteiger partial charge in [-0.25, -0.2) is 0 Å². The van der Waals surface area contributed by atoms with Crippen LogP contribution in [0.3, 0.4) is 0 Å². The highest BCUT2D eigenvalue weighted by Crippen LogP contribution is 2.37. The number of carbonyl (C=O) groups is 6. The van der Waals surface area contributed by atoms with Gasteiger partial charge in [0.1, 0.15) is 24.2 Å². The fourth-order valence-electron chi connectivity index (χ4n) is 9.83. The Morgan fingerprint density at radius 1 is 0.618 bits per heavy atom. The molecule has 2 aliphatic carbocycles. The Balaban J connectivity index is 1.27. The van der Waals surface area contributed by atoms with Crippen molar-refractivity contribution in [1.82, 2.24) is 42.1 Å². The van der Waals surface area contributed by atoms with Crippen molar-refractivity contribution < 1.29 is 28.8 Å². The number of aryl methyl sites for hydroxylation is 2. The summed E-state index contributed by atoms with van der Waals surface area (Å²) >= 11 is 0. The van der Waals surface area contributed by atoms with E-state index in [1.807, 2.05) is 96.1 Å². The minimum absolute atomic E-state index is 0.172. The quantitative estimate of drug-likeness (QED) is 0.104. The first kappa shape index (κ1) is 51.8. The molecule has 3 unspecified atom stereocenters. The van der Waals surface area contributed by atoms with Crippen LogP contribution in [-0.2, 0) is 48.0 Å². The molecule has 3 aromatic rings. The lowest BCUT2D eigenvalue weighted by atomic mass is 9.85.